The molecule has 0 aliphatic heterocycles. The Morgan fingerprint density at radius 1 is 0.897 bits per heavy atom. The molecule has 29 heavy (non-hydrogen) atoms. The molecule has 0 N–H and O–H groups in total. The normalized spacial score (nSPS) is 21.8. The van der Waals surface area contributed by atoms with E-state index in [1.54, 1.807) is 17.7 Å². The summed E-state index contributed by atoms with van der Waals surface area (Å²) in [5.41, 5.74) is 6.54. The molecule has 3 heteroatoms. The summed E-state index contributed by atoms with van der Waals surface area (Å²) in [7, 11) is 0. The highest BCUT2D eigenvalue weighted by Gasteiger charge is 2.31. The van der Waals surface area contributed by atoms with Gasteiger partial charge in [0, 0.05) is 0 Å². The zero-order chi connectivity index (χ0) is 20.4. The zero-order valence-electron chi connectivity index (χ0n) is 17.1. The third kappa shape index (κ3) is 4.44. The lowest BCUT2D eigenvalue weighted by atomic mass is 9.73. The van der Waals surface area contributed by atoms with Crippen LogP contribution in [0.15, 0.2) is 48.6 Å². The molecule has 0 radical (unpaired) electrons. The Balaban J connectivity index is 1.47. The summed E-state index contributed by atoms with van der Waals surface area (Å²) in [5, 5.41) is 0. The van der Waals surface area contributed by atoms with Crippen LogP contribution in [0, 0.1) is 5.92 Å². The standard InChI is InChI=1S/C26H29F3/c1-2-3-4-5-18-6-14-24-21(16-18)7-8-22-17-20(11-15-25(22)24)19-9-12-23(13-10-19)26(27,28)29/h2-3,7-10,12-13,18,20H,4-6,11,14-17H2,1H3/b3-2+. The van der Waals surface area contributed by atoms with Crippen LogP contribution >= 0.6 is 0 Å². The fourth-order valence-electron chi connectivity index (χ4n) is 5.22. The topological polar surface area (TPSA) is 0 Å². The van der Waals surface area contributed by atoms with Crippen molar-refractivity contribution in [2.45, 2.75) is 70.4 Å². The van der Waals surface area contributed by atoms with Crippen LogP contribution in [0.1, 0.15) is 71.9 Å². The molecule has 0 nitrogen and oxygen atoms in total. The van der Waals surface area contributed by atoms with E-state index in [1.807, 2.05) is 0 Å². The largest absolute Gasteiger partial charge is 0.416 e. The summed E-state index contributed by atoms with van der Waals surface area (Å²) in [4.78, 5) is 0. The summed E-state index contributed by atoms with van der Waals surface area (Å²) in [6, 6.07) is 10.4. The molecular formula is C26H29F3. The molecule has 0 heterocycles. The van der Waals surface area contributed by atoms with Crippen molar-refractivity contribution in [2.75, 3.05) is 0 Å². The van der Waals surface area contributed by atoms with Crippen LogP contribution in [-0.2, 0) is 31.9 Å². The zero-order valence-corrected chi connectivity index (χ0v) is 17.1. The maximum absolute atomic E-state index is 12.8. The van der Waals surface area contributed by atoms with Gasteiger partial charge in [0.1, 0.15) is 0 Å². The van der Waals surface area contributed by atoms with Gasteiger partial charge >= 0.3 is 6.18 Å². The van der Waals surface area contributed by atoms with Gasteiger partial charge in [-0.05, 0) is 110 Å². The first kappa shape index (κ1) is 20.3. The Morgan fingerprint density at radius 3 is 2.21 bits per heavy atom. The second-order valence-corrected chi connectivity index (χ2v) is 8.66. The number of allylic oxidation sites excluding steroid dienone is 2. The molecule has 2 aliphatic carbocycles. The molecule has 0 bridgehead atoms. The van der Waals surface area contributed by atoms with Crippen LogP contribution in [0.4, 0.5) is 13.2 Å². The Labute approximate surface area is 171 Å². The van der Waals surface area contributed by atoms with Gasteiger partial charge in [0.15, 0.2) is 0 Å². The van der Waals surface area contributed by atoms with Crippen LogP contribution < -0.4 is 0 Å². The fourth-order valence-corrected chi connectivity index (χ4v) is 5.22. The Hall–Kier alpha value is -2.03. The van der Waals surface area contributed by atoms with Gasteiger partial charge in [0.2, 0.25) is 0 Å². The van der Waals surface area contributed by atoms with E-state index < -0.39 is 11.7 Å². The van der Waals surface area contributed by atoms with Crippen molar-refractivity contribution in [2.24, 2.45) is 5.92 Å². The second-order valence-electron chi connectivity index (χ2n) is 8.66. The predicted octanol–water partition coefficient (Wildman–Crippen LogP) is 7.44. The Morgan fingerprint density at radius 2 is 1.55 bits per heavy atom. The Kier molecular flexibility index (Phi) is 5.85. The van der Waals surface area contributed by atoms with Crippen molar-refractivity contribution in [3.63, 3.8) is 0 Å². The van der Waals surface area contributed by atoms with Crippen molar-refractivity contribution in [1.29, 1.82) is 0 Å². The van der Waals surface area contributed by atoms with Crippen molar-refractivity contribution in [1.82, 2.24) is 0 Å². The lowest BCUT2D eigenvalue weighted by molar-refractivity contribution is -0.137. The van der Waals surface area contributed by atoms with Crippen molar-refractivity contribution in [3.05, 3.63) is 81.9 Å². The molecule has 0 spiro atoms. The van der Waals surface area contributed by atoms with Gasteiger partial charge in [-0.3, -0.25) is 0 Å². The summed E-state index contributed by atoms with van der Waals surface area (Å²) in [5.74, 6) is 1.11. The van der Waals surface area contributed by atoms with Crippen LogP contribution in [-0.4, -0.2) is 0 Å². The molecule has 0 saturated heterocycles. The molecular weight excluding hydrogens is 369 g/mol. The molecule has 2 atom stereocenters. The number of halogens is 3. The molecule has 2 aromatic rings. The van der Waals surface area contributed by atoms with Gasteiger partial charge in [-0.15, -0.1) is 0 Å². The molecule has 2 aromatic carbocycles. The summed E-state index contributed by atoms with van der Waals surface area (Å²) < 4.78 is 38.5. The van der Waals surface area contributed by atoms with E-state index in [0.29, 0.717) is 5.92 Å². The quantitative estimate of drug-likeness (QED) is 0.470. The predicted molar refractivity (Wildman–Crippen MR) is 112 cm³/mol. The number of rotatable bonds is 4. The van der Waals surface area contributed by atoms with Gasteiger partial charge in [-0.2, -0.15) is 13.2 Å². The SMILES string of the molecule is C/C=C/CCC1CCc2c(ccc3c2CCC(c2ccc(C(F)(F)F)cc2)C3)C1. The van der Waals surface area contributed by atoms with E-state index in [9.17, 15) is 13.2 Å². The highest BCUT2D eigenvalue weighted by molar-refractivity contribution is 5.45. The number of hydrogen-bond acceptors (Lipinski definition) is 0. The first-order valence-electron chi connectivity index (χ1n) is 10.9. The average molecular weight is 399 g/mol. The van der Waals surface area contributed by atoms with E-state index in [4.69, 9.17) is 0 Å². The van der Waals surface area contributed by atoms with Crippen LogP contribution in [0.2, 0.25) is 0 Å². The summed E-state index contributed by atoms with van der Waals surface area (Å²) in [6.07, 6.45) is 9.28. The molecule has 0 amide bonds. The summed E-state index contributed by atoms with van der Waals surface area (Å²) >= 11 is 0. The van der Waals surface area contributed by atoms with Crippen LogP contribution in [0.5, 0.6) is 0 Å². The third-order valence-corrected chi connectivity index (χ3v) is 6.83. The minimum Gasteiger partial charge on any atom is -0.166 e. The monoisotopic (exact) mass is 398 g/mol. The molecule has 0 saturated carbocycles. The number of benzene rings is 2. The van der Waals surface area contributed by atoms with E-state index >= 15 is 0 Å². The van der Waals surface area contributed by atoms with Gasteiger partial charge in [-0.1, -0.05) is 36.4 Å². The molecule has 154 valence electrons. The first-order valence-corrected chi connectivity index (χ1v) is 10.9. The van der Waals surface area contributed by atoms with Crippen LogP contribution in [0.3, 0.4) is 0 Å². The average Bonchev–Trinajstić information content (AvgIpc) is 2.73. The lowest BCUT2D eigenvalue weighted by Gasteiger charge is -2.32. The minimum atomic E-state index is -4.26. The van der Waals surface area contributed by atoms with Crippen molar-refractivity contribution in [3.8, 4) is 0 Å². The van der Waals surface area contributed by atoms with E-state index in [-0.39, 0.29) is 0 Å². The summed E-state index contributed by atoms with van der Waals surface area (Å²) in [6.45, 7) is 2.08. The van der Waals surface area contributed by atoms with E-state index in [0.717, 1.165) is 30.7 Å². The highest BCUT2D eigenvalue weighted by atomic mass is 19.4. The van der Waals surface area contributed by atoms with Gasteiger partial charge < -0.3 is 0 Å². The highest BCUT2D eigenvalue weighted by Crippen LogP contribution is 2.39. The number of alkyl halides is 3. The van der Waals surface area contributed by atoms with Gasteiger partial charge in [-0.25, -0.2) is 0 Å². The molecule has 4 rings (SSSR count). The minimum absolute atomic E-state index is 0.319. The maximum atomic E-state index is 12.8. The maximum Gasteiger partial charge on any atom is 0.416 e. The van der Waals surface area contributed by atoms with Crippen LogP contribution in [0.25, 0.3) is 0 Å². The van der Waals surface area contributed by atoms with Gasteiger partial charge in [0.25, 0.3) is 0 Å². The molecule has 2 aliphatic rings. The Bertz CT molecular complexity index is 874. The van der Waals surface area contributed by atoms with E-state index in [2.05, 4.69) is 31.2 Å². The smallest absolute Gasteiger partial charge is 0.166 e. The van der Waals surface area contributed by atoms with Crippen molar-refractivity contribution >= 4 is 0 Å². The molecule has 0 fully saturated rings. The molecule has 0 aromatic heterocycles. The third-order valence-electron chi connectivity index (χ3n) is 6.83. The van der Waals surface area contributed by atoms with E-state index in [1.165, 1.54) is 60.9 Å². The second kappa shape index (κ2) is 8.38. The number of fused-ring (bicyclic) bond motifs is 3. The molecule has 2 unspecified atom stereocenters. The van der Waals surface area contributed by atoms with Crippen molar-refractivity contribution < 1.29 is 13.2 Å². The lowest BCUT2D eigenvalue weighted by Crippen LogP contribution is -2.20. The first-order chi connectivity index (χ1) is 14.0. The number of hydrogen-bond donors (Lipinski definition) is 0. The fraction of sp³-hybridized carbons (Fsp3) is 0.462. The van der Waals surface area contributed by atoms with Gasteiger partial charge in [0.05, 0.1) is 5.56 Å².